The molecular weight excluding hydrogens is 243 g/mol. The van der Waals surface area contributed by atoms with Crippen molar-refractivity contribution >= 4 is 5.78 Å². The number of benzene rings is 2. The van der Waals surface area contributed by atoms with E-state index in [2.05, 4.69) is 0 Å². The highest BCUT2D eigenvalue weighted by Crippen LogP contribution is 2.20. The Morgan fingerprint density at radius 1 is 1.16 bits per heavy atom. The molecule has 0 amide bonds. The molecule has 1 unspecified atom stereocenters. The van der Waals surface area contributed by atoms with Crippen LogP contribution in [-0.2, 0) is 0 Å². The Bertz CT molecular complexity index is 552. The Morgan fingerprint density at radius 3 is 2.58 bits per heavy atom. The van der Waals surface area contributed by atoms with Crippen molar-refractivity contribution in [3.63, 3.8) is 0 Å². The maximum Gasteiger partial charge on any atom is 0.159 e. The summed E-state index contributed by atoms with van der Waals surface area (Å²) >= 11 is 0. The van der Waals surface area contributed by atoms with E-state index in [0.717, 1.165) is 0 Å². The fourth-order valence-corrected chi connectivity index (χ4v) is 1.73. The van der Waals surface area contributed by atoms with Gasteiger partial charge in [0.25, 0.3) is 0 Å². The Morgan fingerprint density at radius 2 is 1.89 bits per heavy atom. The number of Topliss-reactive ketones (excluding diaryl/α,β-unsaturated/α-hetero) is 1. The summed E-state index contributed by atoms with van der Waals surface area (Å²) in [4.78, 5) is 11.2. The molecule has 0 N–H and O–H groups in total. The van der Waals surface area contributed by atoms with Crippen LogP contribution < -0.4 is 4.74 Å². The zero-order valence-corrected chi connectivity index (χ0v) is 10.7. The molecule has 1 atom stereocenters. The second-order valence-electron chi connectivity index (χ2n) is 4.27. The monoisotopic (exact) mass is 258 g/mol. The Labute approximate surface area is 111 Å². The molecule has 98 valence electrons. The van der Waals surface area contributed by atoms with Crippen LogP contribution in [0.3, 0.4) is 0 Å². The molecule has 2 rings (SSSR count). The van der Waals surface area contributed by atoms with Crippen LogP contribution in [0.15, 0.2) is 54.6 Å². The summed E-state index contributed by atoms with van der Waals surface area (Å²) in [6.45, 7) is 1.42. The number of alkyl halides is 1. The fourth-order valence-electron chi connectivity index (χ4n) is 1.73. The first-order valence-corrected chi connectivity index (χ1v) is 6.09. The van der Waals surface area contributed by atoms with E-state index < -0.39 is 6.17 Å². The number of carbonyl (C=O) groups is 1. The molecule has 0 radical (unpaired) electrons. The van der Waals surface area contributed by atoms with Crippen molar-refractivity contribution in [2.24, 2.45) is 0 Å². The average Bonchev–Trinajstić information content (AvgIpc) is 2.46. The van der Waals surface area contributed by atoms with Gasteiger partial charge in [-0.15, -0.1) is 0 Å². The van der Waals surface area contributed by atoms with Crippen molar-refractivity contribution < 1.29 is 13.9 Å². The lowest BCUT2D eigenvalue weighted by molar-refractivity contribution is 0.101. The highest BCUT2D eigenvalue weighted by atomic mass is 19.1. The van der Waals surface area contributed by atoms with Gasteiger partial charge in [0.2, 0.25) is 0 Å². The minimum Gasteiger partial charge on any atom is -0.490 e. The van der Waals surface area contributed by atoms with E-state index in [9.17, 15) is 9.18 Å². The number of rotatable bonds is 5. The Hall–Kier alpha value is -2.16. The molecule has 0 bridgehead atoms. The molecule has 2 aromatic rings. The summed E-state index contributed by atoms with van der Waals surface area (Å²) in [5, 5.41) is 0. The second-order valence-corrected chi connectivity index (χ2v) is 4.27. The topological polar surface area (TPSA) is 26.3 Å². The summed E-state index contributed by atoms with van der Waals surface area (Å²) in [5.41, 5.74) is 1.15. The van der Waals surface area contributed by atoms with Crippen LogP contribution in [0.25, 0.3) is 0 Å². The molecule has 0 heterocycles. The van der Waals surface area contributed by atoms with E-state index in [1.54, 1.807) is 48.5 Å². The van der Waals surface area contributed by atoms with Crippen molar-refractivity contribution in [1.29, 1.82) is 0 Å². The summed E-state index contributed by atoms with van der Waals surface area (Å²) in [6.07, 6.45) is -1.18. The molecule has 2 aromatic carbocycles. The highest BCUT2D eigenvalue weighted by Gasteiger charge is 2.10. The van der Waals surface area contributed by atoms with Gasteiger partial charge in [0.15, 0.2) is 12.0 Å². The zero-order chi connectivity index (χ0) is 13.7. The van der Waals surface area contributed by atoms with Gasteiger partial charge >= 0.3 is 0 Å². The van der Waals surface area contributed by atoms with Gasteiger partial charge in [-0.05, 0) is 24.6 Å². The molecule has 2 nitrogen and oxygen atoms in total. The van der Waals surface area contributed by atoms with Gasteiger partial charge in [-0.1, -0.05) is 42.5 Å². The third-order valence-corrected chi connectivity index (χ3v) is 2.80. The molecule has 0 aliphatic carbocycles. The van der Waals surface area contributed by atoms with Gasteiger partial charge < -0.3 is 4.74 Å². The van der Waals surface area contributed by atoms with E-state index >= 15 is 0 Å². The van der Waals surface area contributed by atoms with Crippen LogP contribution in [0.4, 0.5) is 4.39 Å². The predicted octanol–water partition coefficient (Wildman–Crippen LogP) is 3.98. The van der Waals surface area contributed by atoms with Crippen LogP contribution in [0, 0.1) is 0 Å². The van der Waals surface area contributed by atoms with Gasteiger partial charge in [0, 0.05) is 5.56 Å². The lowest BCUT2D eigenvalue weighted by Crippen LogP contribution is -2.06. The SMILES string of the molecule is CC(=O)c1cccc(OCC(F)c2ccccc2)c1. The maximum absolute atomic E-state index is 13.9. The number of ether oxygens (including phenoxy) is 1. The Balaban J connectivity index is 1.99. The van der Waals surface area contributed by atoms with Crippen LogP contribution in [0.1, 0.15) is 29.0 Å². The lowest BCUT2D eigenvalue weighted by atomic mass is 10.1. The second kappa shape index (κ2) is 6.14. The van der Waals surface area contributed by atoms with Crippen molar-refractivity contribution in [2.75, 3.05) is 6.61 Å². The number of halogens is 1. The molecule has 0 saturated carbocycles. The quantitative estimate of drug-likeness (QED) is 0.758. The predicted molar refractivity (Wildman–Crippen MR) is 72.2 cm³/mol. The largest absolute Gasteiger partial charge is 0.490 e. The van der Waals surface area contributed by atoms with E-state index in [1.807, 2.05) is 6.07 Å². The van der Waals surface area contributed by atoms with Gasteiger partial charge in [-0.3, -0.25) is 4.79 Å². The highest BCUT2D eigenvalue weighted by molar-refractivity contribution is 5.94. The van der Waals surface area contributed by atoms with Gasteiger partial charge in [-0.25, -0.2) is 4.39 Å². The van der Waals surface area contributed by atoms with E-state index in [-0.39, 0.29) is 12.4 Å². The molecule has 0 aliphatic rings. The molecule has 0 aromatic heterocycles. The summed E-state index contributed by atoms with van der Waals surface area (Å²) in [7, 11) is 0. The number of carbonyl (C=O) groups excluding carboxylic acids is 1. The van der Waals surface area contributed by atoms with E-state index in [0.29, 0.717) is 16.9 Å². The van der Waals surface area contributed by atoms with Crippen LogP contribution in [0.5, 0.6) is 5.75 Å². The average molecular weight is 258 g/mol. The first-order valence-electron chi connectivity index (χ1n) is 6.09. The molecule has 3 heteroatoms. The molecule has 0 saturated heterocycles. The third kappa shape index (κ3) is 3.65. The molecular formula is C16H15FO2. The first kappa shape index (κ1) is 13.3. The van der Waals surface area contributed by atoms with Crippen molar-refractivity contribution in [1.82, 2.24) is 0 Å². The summed E-state index contributed by atoms with van der Waals surface area (Å²) < 4.78 is 19.3. The van der Waals surface area contributed by atoms with Crippen LogP contribution in [-0.4, -0.2) is 12.4 Å². The standard InChI is InChI=1S/C16H15FO2/c1-12(18)14-8-5-9-15(10-14)19-11-16(17)13-6-3-2-4-7-13/h2-10,16H,11H2,1H3. The first-order chi connectivity index (χ1) is 9.16. The van der Waals surface area contributed by atoms with Crippen LogP contribution in [0.2, 0.25) is 0 Å². The van der Waals surface area contributed by atoms with E-state index in [4.69, 9.17) is 4.74 Å². The molecule has 0 spiro atoms. The Kier molecular flexibility index (Phi) is 4.29. The summed E-state index contributed by atoms with van der Waals surface area (Å²) in [5.74, 6) is 0.469. The van der Waals surface area contributed by atoms with Gasteiger partial charge in [-0.2, -0.15) is 0 Å². The molecule has 0 fully saturated rings. The van der Waals surface area contributed by atoms with Crippen LogP contribution >= 0.6 is 0 Å². The number of hydrogen-bond acceptors (Lipinski definition) is 2. The smallest absolute Gasteiger partial charge is 0.159 e. The van der Waals surface area contributed by atoms with Gasteiger partial charge in [0.05, 0.1) is 0 Å². The lowest BCUT2D eigenvalue weighted by Gasteiger charge is -2.11. The minimum absolute atomic E-state index is 0.0368. The zero-order valence-electron chi connectivity index (χ0n) is 10.7. The number of hydrogen-bond donors (Lipinski definition) is 0. The molecule has 19 heavy (non-hydrogen) atoms. The minimum atomic E-state index is -1.18. The number of ketones is 1. The summed E-state index contributed by atoms with van der Waals surface area (Å²) in [6, 6.07) is 15.6. The van der Waals surface area contributed by atoms with Crippen molar-refractivity contribution in [3.8, 4) is 5.75 Å². The normalized spacial score (nSPS) is 11.9. The third-order valence-electron chi connectivity index (χ3n) is 2.80. The van der Waals surface area contributed by atoms with E-state index in [1.165, 1.54) is 6.92 Å². The molecule has 0 aliphatic heterocycles. The maximum atomic E-state index is 13.9. The fraction of sp³-hybridized carbons (Fsp3) is 0.188. The van der Waals surface area contributed by atoms with Crippen molar-refractivity contribution in [3.05, 3.63) is 65.7 Å². The van der Waals surface area contributed by atoms with Gasteiger partial charge in [0.1, 0.15) is 12.4 Å². The van der Waals surface area contributed by atoms with Crippen molar-refractivity contribution in [2.45, 2.75) is 13.1 Å².